The van der Waals surface area contributed by atoms with Gasteiger partial charge in [-0.1, -0.05) is 12.2 Å². The smallest absolute Gasteiger partial charge is 0.389 e. The van der Waals surface area contributed by atoms with Crippen LogP contribution in [0.25, 0.3) is 0 Å². The van der Waals surface area contributed by atoms with Gasteiger partial charge in [-0.05, 0) is 30.7 Å². The maximum absolute atomic E-state index is 12.3. The van der Waals surface area contributed by atoms with E-state index in [0.29, 0.717) is 5.56 Å². The van der Waals surface area contributed by atoms with Crippen molar-refractivity contribution in [3.63, 3.8) is 0 Å². The molecule has 14 heavy (non-hydrogen) atoms. The van der Waals surface area contributed by atoms with E-state index in [0.717, 1.165) is 12.1 Å². The number of halogens is 3. The molecule has 0 heterocycles. The van der Waals surface area contributed by atoms with Gasteiger partial charge in [0.15, 0.2) is 0 Å². The Labute approximate surface area is 84.7 Å². The number of aryl methyl sites for hydroxylation is 1. The Morgan fingerprint density at radius 2 is 1.86 bits per heavy atom. The van der Waals surface area contributed by atoms with Crippen LogP contribution in [0.3, 0.4) is 0 Å². The van der Waals surface area contributed by atoms with Crippen LogP contribution in [0, 0.1) is 6.92 Å². The largest absolute Gasteiger partial charge is 0.416 e. The van der Waals surface area contributed by atoms with Gasteiger partial charge in [0, 0.05) is 5.56 Å². The Kier molecular flexibility index (Phi) is 2.80. The molecule has 0 unspecified atom stereocenters. The van der Waals surface area contributed by atoms with Crippen LogP contribution in [0.5, 0.6) is 0 Å². The minimum absolute atomic E-state index is 0.0285. The molecule has 2 N–H and O–H groups in total. The van der Waals surface area contributed by atoms with Gasteiger partial charge in [-0.25, -0.2) is 0 Å². The Hall–Kier alpha value is -1.10. The first-order chi connectivity index (χ1) is 6.30. The molecule has 76 valence electrons. The van der Waals surface area contributed by atoms with Crippen molar-refractivity contribution in [2.24, 2.45) is 5.73 Å². The van der Waals surface area contributed by atoms with Crippen molar-refractivity contribution in [3.8, 4) is 0 Å². The second-order valence-electron chi connectivity index (χ2n) is 2.95. The number of hydrogen-bond acceptors (Lipinski definition) is 1. The second kappa shape index (κ2) is 3.57. The third-order valence-electron chi connectivity index (χ3n) is 1.69. The van der Waals surface area contributed by atoms with Gasteiger partial charge < -0.3 is 5.73 Å². The van der Waals surface area contributed by atoms with Crippen LogP contribution in [-0.4, -0.2) is 4.99 Å². The molecule has 0 saturated heterocycles. The molecule has 0 aliphatic carbocycles. The molecule has 0 saturated carbocycles. The van der Waals surface area contributed by atoms with E-state index >= 15 is 0 Å². The van der Waals surface area contributed by atoms with Crippen LogP contribution in [0.1, 0.15) is 16.7 Å². The SMILES string of the molecule is Cc1cc(C(N)=S)cc(C(F)(F)F)c1. The standard InChI is InChI=1S/C9H8F3NS/c1-5-2-6(8(13)14)4-7(3-5)9(10,11)12/h2-4H,1H3,(H2,13,14). The molecule has 0 aliphatic rings. The van der Waals surface area contributed by atoms with Crippen molar-refractivity contribution in [1.82, 2.24) is 0 Å². The summed E-state index contributed by atoms with van der Waals surface area (Å²) in [6, 6.07) is 3.54. The van der Waals surface area contributed by atoms with Crippen molar-refractivity contribution >= 4 is 17.2 Å². The molecule has 1 nitrogen and oxygen atoms in total. The van der Waals surface area contributed by atoms with Crippen LogP contribution in [0.4, 0.5) is 13.2 Å². The van der Waals surface area contributed by atoms with Gasteiger partial charge in [0.05, 0.1) is 5.56 Å². The summed E-state index contributed by atoms with van der Waals surface area (Å²) in [6.07, 6.45) is -4.36. The summed E-state index contributed by atoms with van der Waals surface area (Å²) >= 11 is 4.61. The summed E-state index contributed by atoms with van der Waals surface area (Å²) in [4.78, 5) is -0.0285. The van der Waals surface area contributed by atoms with E-state index in [9.17, 15) is 13.2 Å². The lowest BCUT2D eigenvalue weighted by atomic mass is 10.1. The quantitative estimate of drug-likeness (QED) is 0.735. The predicted octanol–water partition coefficient (Wildman–Crippen LogP) is 2.65. The Balaban J connectivity index is 3.28. The molecule has 0 bridgehead atoms. The number of thiocarbonyl (C=S) groups is 1. The lowest BCUT2D eigenvalue weighted by Gasteiger charge is -2.09. The number of nitrogens with two attached hydrogens (primary N) is 1. The average Bonchev–Trinajstić information content (AvgIpc) is 2.01. The molecule has 1 rings (SSSR count). The summed E-state index contributed by atoms with van der Waals surface area (Å²) in [5.74, 6) is 0. The molecule has 0 aromatic heterocycles. The van der Waals surface area contributed by atoms with Gasteiger partial charge in [-0.15, -0.1) is 0 Å². The first-order valence-corrected chi connectivity index (χ1v) is 4.20. The zero-order valence-electron chi connectivity index (χ0n) is 7.35. The van der Waals surface area contributed by atoms with Gasteiger partial charge >= 0.3 is 6.18 Å². The molecular formula is C9H8F3NS. The molecule has 1 aromatic rings. The first-order valence-electron chi connectivity index (χ1n) is 3.79. The van der Waals surface area contributed by atoms with E-state index in [1.54, 1.807) is 6.92 Å². The minimum atomic E-state index is -4.36. The number of hydrogen-bond donors (Lipinski definition) is 1. The molecule has 0 aliphatic heterocycles. The lowest BCUT2D eigenvalue weighted by Crippen LogP contribution is -2.12. The average molecular weight is 219 g/mol. The fraction of sp³-hybridized carbons (Fsp3) is 0.222. The van der Waals surface area contributed by atoms with Crippen molar-refractivity contribution in [2.75, 3.05) is 0 Å². The van der Waals surface area contributed by atoms with E-state index in [2.05, 4.69) is 12.2 Å². The maximum atomic E-state index is 12.3. The Morgan fingerprint density at radius 3 is 2.29 bits per heavy atom. The molecule has 5 heteroatoms. The number of rotatable bonds is 1. The number of benzene rings is 1. The third-order valence-corrected chi connectivity index (χ3v) is 1.92. The highest BCUT2D eigenvalue weighted by Crippen LogP contribution is 2.30. The van der Waals surface area contributed by atoms with Gasteiger partial charge in [-0.3, -0.25) is 0 Å². The second-order valence-corrected chi connectivity index (χ2v) is 3.39. The summed E-state index contributed by atoms with van der Waals surface area (Å²) in [5, 5.41) is 0. The maximum Gasteiger partial charge on any atom is 0.416 e. The Bertz CT molecular complexity index is 371. The normalized spacial score (nSPS) is 11.4. The van der Waals surface area contributed by atoms with Crippen LogP contribution in [-0.2, 0) is 6.18 Å². The molecule has 0 atom stereocenters. The molecule has 0 fully saturated rings. The fourth-order valence-corrected chi connectivity index (χ4v) is 1.21. The van der Waals surface area contributed by atoms with Gasteiger partial charge in [0.1, 0.15) is 4.99 Å². The highest BCUT2D eigenvalue weighted by Gasteiger charge is 2.30. The van der Waals surface area contributed by atoms with Crippen LogP contribution in [0.2, 0.25) is 0 Å². The number of alkyl halides is 3. The fourth-order valence-electron chi connectivity index (χ4n) is 1.09. The molecule has 0 spiro atoms. The van der Waals surface area contributed by atoms with Crippen molar-refractivity contribution in [3.05, 3.63) is 34.9 Å². The van der Waals surface area contributed by atoms with E-state index < -0.39 is 11.7 Å². The van der Waals surface area contributed by atoms with E-state index in [4.69, 9.17) is 5.73 Å². The summed E-state index contributed by atoms with van der Waals surface area (Å²) in [7, 11) is 0. The monoisotopic (exact) mass is 219 g/mol. The van der Waals surface area contributed by atoms with Gasteiger partial charge in [0.25, 0.3) is 0 Å². The van der Waals surface area contributed by atoms with E-state index in [1.165, 1.54) is 6.07 Å². The zero-order chi connectivity index (χ0) is 10.9. The van der Waals surface area contributed by atoms with Gasteiger partial charge in [-0.2, -0.15) is 13.2 Å². The lowest BCUT2D eigenvalue weighted by molar-refractivity contribution is -0.137. The predicted molar refractivity (Wildman–Crippen MR) is 52.1 cm³/mol. The summed E-state index contributed by atoms with van der Waals surface area (Å²) < 4.78 is 37.0. The highest BCUT2D eigenvalue weighted by atomic mass is 32.1. The van der Waals surface area contributed by atoms with Crippen molar-refractivity contribution in [1.29, 1.82) is 0 Å². The van der Waals surface area contributed by atoms with E-state index in [-0.39, 0.29) is 10.6 Å². The molecular weight excluding hydrogens is 211 g/mol. The van der Waals surface area contributed by atoms with Gasteiger partial charge in [0.2, 0.25) is 0 Å². The molecule has 0 amide bonds. The first kappa shape index (κ1) is 11.0. The highest BCUT2D eigenvalue weighted by molar-refractivity contribution is 7.80. The topological polar surface area (TPSA) is 26.0 Å². The minimum Gasteiger partial charge on any atom is -0.389 e. The Morgan fingerprint density at radius 1 is 1.29 bits per heavy atom. The summed E-state index contributed by atoms with van der Waals surface area (Å²) in [6.45, 7) is 1.57. The summed E-state index contributed by atoms with van der Waals surface area (Å²) in [5.41, 5.74) is 5.27. The van der Waals surface area contributed by atoms with Crippen LogP contribution < -0.4 is 5.73 Å². The molecule has 1 aromatic carbocycles. The van der Waals surface area contributed by atoms with Crippen molar-refractivity contribution in [2.45, 2.75) is 13.1 Å². The van der Waals surface area contributed by atoms with Crippen molar-refractivity contribution < 1.29 is 13.2 Å². The molecule has 0 radical (unpaired) electrons. The van der Waals surface area contributed by atoms with Crippen LogP contribution in [0.15, 0.2) is 18.2 Å². The van der Waals surface area contributed by atoms with Crippen LogP contribution >= 0.6 is 12.2 Å². The zero-order valence-corrected chi connectivity index (χ0v) is 8.17. The van der Waals surface area contributed by atoms with E-state index in [1.807, 2.05) is 0 Å². The third kappa shape index (κ3) is 2.45.